The van der Waals surface area contributed by atoms with Crippen molar-refractivity contribution in [2.45, 2.75) is 13.8 Å². The first-order valence-electron chi connectivity index (χ1n) is 5.31. The fourth-order valence-corrected chi connectivity index (χ4v) is 2.27. The molecule has 0 atom stereocenters. The number of aryl methyl sites for hydroxylation is 2. The Hall–Kier alpha value is -0.820. The van der Waals surface area contributed by atoms with Crippen molar-refractivity contribution in [3.63, 3.8) is 0 Å². The first-order chi connectivity index (χ1) is 8.47. The predicted molar refractivity (Wildman–Crippen MR) is 83.0 cm³/mol. The number of hydrogen-bond acceptors (Lipinski definition) is 2. The lowest BCUT2D eigenvalue weighted by Crippen LogP contribution is -2.11. The number of amides is 1. The molecule has 0 saturated carbocycles. The van der Waals surface area contributed by atoms with Gasteiger partial charge in [0.2, 0.25) is 0 Å². The van der Waals surface area contributed by atoms with Crippen molar-refractivity contribution in [2.75, 3.05) is 5.32 Å². The van der Waals surface area contributed by atoms with E-state index in [1.165, 1.54) is 3.57 Å². The average molecular weight is 420 g/mol. The van der Waals surface area contributed by atoms with Crippen LogP contribution in [0.25, 0.3) is 0 Å². The summed E-state index contributed by atoms with van der Waals surface area (Å²) in [6.45, 7) is 4.04. The zero-order valence-corrected chi connectivity index (χ0v) is 13.6. The molecule has 94 valence electrons. The molecule has 5 heteroatoms. The molecule has 2 aromatic rings. The summed E-state index contributed by atoms with van der Waals surface area (Å²) in [6.07, 6.45) is 0. The highest BCUT2D eigenvalue weighted by Crippen LogP contribution is 2.22. The lowest BCUT2D eigenvalue weighted by Gasteiger charge is -2.08. The second-order valence-corrected chi connectivity index (χ2v) is 5.84. The molecule has 18 heavy (non-hydrogen) atoms. The maximum Gasteiger partial charge on any atom is 0.291 e. The standard InChI is InChI=1S/C13H11BrINO2/c1-7-5-9(6-8(2)12(7)15)16-13(17)10-3-4-11(14)18-10/h3-6H,1-2H3,(H,16,17). The second kappa shape index (κ2) is 5.44. The van der Waals surface area contributed by atoms with Gasteiger partial charge in [-0.1, -0.05) is 0 Å². The van der Waals surface area contributed by atoms with E-state index >= 15 is 0 Å². The van der Waals surface area contributed by atoms with Crippen LogP contribution >= 0.6 is 38.5 Å². The smallest absolute Gasteiger partial charge is 0.291 e. The summed E-state index contributed by atoms with van der Waals surface area (Å²) < 4.78 is 6.96. The molecule has 1 aromatic heterocycles. The van der Waals surface area contributed by atoms with Crippen LogP contribution in [0.5, 0.6) is 0 Å². The number of halogens is 2. The summed E-state index contributed by atoms with van der Waals surface area (Å²) in [7, 11) is 0. The zero-order chi connectivity index (χ0) is 13.3. The highest BCUT2D eigenvalue weighted by Gasteiger charge is 2.11. The molecular formula is C13H11BrINO2. The van der Waals surface area contributed by atoms with Gasteiger partial charge in [0.1, 0.15) is 0 Å². The van der Waals surface area contributed by atoms with E-state index in [1.807, 2.05) is 26.0 Å². The number of hydrogen-bond donors (Lipinski definition) is 1. The van der Waals surface area contributed by atoms with Crippen LogP contribution in [0.1, 0.15) is 21.7 Å². The van der Waals surface area contributed by atoms with E-state index in [9.17, 15) is 4.79 Å². The molecule has 0 radical (unpaired) electrons. The van der Waals surface area contributed by atoms with E-state index in [4.69, 9.17) is 4.42 Å². The Labute approximate surface area is 127 Å². The maximum absolute atomic E-state index is 11.9. The first-order valence-corrected chi connectivity index (χ1v) is 7.18. The van der Waals surface area contributed by atoms with Crippen LogP contribution in [0.2, 0.25) is 0 Å². The van der Waals surface area contributed by atoms with E-state index in [2.05, 4.69) is 43.8 Å². The molecule has 0 unspecified atom stereocenters. The molecule has 3 nitrogen and oxygen atoms in total. The van der Waals surface area contributed by atoms with E-state index < -0.39 is 0 Å². The number of nitrogens with one attached hydrogen (secondary N) is 1. The van der Waals surface area contributed by atoms with Crippen LogP contribution in [0.3, 0.4) is 0 Å². The number of anilines is 1. The van der Waals surface area contributed by atoms with Crippen molar-refractivity contribution in [3.8, 4) is 0 Å². The zero-order valence-electron chi connectivity index (χ0n) is 9.88. The number of carbonyl (C=O) groups excluding carboxylic acids is 1. The van der Waals surface area contributed by atoms with Crippen molar-refractivity contribution in [3.05, 3.63) is 49.4 Å². The third-order valence-electron chi connectivity index (χ3n) is 2.49. The number of carbonyl (C=O) groups is 1. The summed E-state index contributed by atoms with van der Waals surface area (Å²) >= 11 is 5.47. The predicted octanol–water partition coefficient (Wildman–Crippen LogP) is 4.52. The highest BCUT2D eigenvalue weighted by molar-refractivity contribution is 14.1. The van der Waals surface area contributed by atoms with Crippen molar-refractivity contribution >= 4 is 50.1 Å². The van der Waals surface area contributed by atoms with Gasteiger partial charge in [0.05, 0.1) is 0 Å². The normalized spacial score (nSPS) is 10.4. The molecule has 1 N–H and O–H groups in total. The Balaban J connectivity index is 2.22. The fourth-order valence-electron chi connectivity index (χ4n) is 1.65. The van der Waals surface area contributed by atoms with Crippen LogP contribution in [0.4, 0.5) is 5.69 Å². The largest absolute Gasteiger partial charge is 0.444 e. The fraction of sp³-hybridized carbons (Fsp3) is 0.154. The van der Waals surface area contributed by atoms with Crippen LogP contribution in [-0.4, -0.2) is 5.91 Å². The quantitative estimate of drug-likeness (QED) is 0.727. The second-order valence-electron chi connectivity index (χ2n) is 3.98. The van der Waals surface area contributed by atoms with Crippen LogP contribution in [0.15, 0.2) is 33.4 Å². The lowest BCUT2D eigenvalue weighted by atomic mass is 10.1. The number of furan rings is 1. The SMILES string of the molecule is Cc1cc(NC(=O)c2ccc(Br)o2)cc(C)c1I. The summed E-state index contributed by atoms with van der Waals surface area (Å²) in [5, 5.41) is 2.82. The molecule has 0 aliphatic heterocycles. The number of benzene rings is 1. The van der Waals surface area contributed by atoms with Gasteiger partial charge in [-0.05, 0) is 87.8 Å². The van der Waals surface area contributed by atoms with Crippen LogP contribution < -0.4 is 5.32 Å². The minimum Gasteiger partial charge on any atom is -0.444 e. The van der Waals surface area contributed by atoms with Gasteiger partial charge in [0.25, 0.3) is 5.91 Å². The molecule has 0 fully saturated rings. The van der Waals surface area contributed by atoms with Gasteiger partial charge >= 0.3 is 0 Å². The van der Waals surface area contributed by atoms with Gasteiger partial charge in [-0.3, -0.25) is 4.79 Å². The van der Waals surface area contributed by atoms with E-state index in [1.54, 1.807) is 12.1 Å². The Morgan fingerprint density at radius 1 is 1.28 bits per heavy atom. The Morgan fingerprint density at radius 2 is 1.89 bits per heavy atom. The van der Waals surface area contributed by atoms with Crippen LogP contribution in [0, 0.1) is 17.4 Å². The summed E-state index contributed by atoms with van der Waals surface area (Å²) in [6, 6.07) is 7.22. The Morgan fingerprint density at radius 3 is 2.39 bits per heavy atom. The molecule has 1 aromatic carbocycles. The summed E-state index contributed by atoms with van der Waals surface area (Å²) in [5.41, 5.74) is 3.07. The molecule has 2 rings (SSSR count). The minimum absolute atomic E-state index is 0.249. The van der Waals surface area contributed by atoms with Gasteiger partial charge < -0.3 is 9.73 Å². The Bertz CT molecular complexity index is 584. The number of rotatable bonds is 2. The monoisotopic (exact) mass is 419 g/mol. The topological polar surface area (TPSA) is 42.2 Å². The van der Waals surface area contributed by atoms with Gasteiger partial charge in [-0.15, -0.1) is 0 Å². The average Bonchev–Trinajstić information content (AvgIpc) is 2.72. The van der Waals surface area contributed by atoms with Crippen LogP contribution in [-0.2, 0) is 0 Å². The van der Waals surface area contributed by atoms with E-state index in [0.29, 0.717) is 4.67 Å². The lowest BCUT2D eigenvalue weighted by molar-refractivity contribution is 0.0995. The molecule has 1 heterocycles. The molecule has 0 spiro atoms. The third kappa shape index (κ3) is 2.95. The van der Waals surface area contributed by atoms with Crippen molar-refractivity contribution in [1.82, 2.24) is 0 Å². The molecule has 0 saturated heterocycles. The van der Waals surface area contributed by atoms with Gasteiger partial charge in [-0.2, -0.15) is 0 Å². The molecule has 0 aliphatic rings. The first kappa shape index (κ1) is 13.6. The molecular weight excluding hydrogens is 409 g/mol. The molecule has 1 amide bonds. The van der Waals surface area contributed by atoms with E-state index in [-0.39, 0.29) is 11.7 Å². The van der Waals surface area contributed by atoms with Crippen molar-refractivity contribution in [2.24, 2.45) is 0 Å². The van der Waals surface area contributed by atoms with Gasteiger partial charge in [0.15, 0.2) is 10.4 Å². The van der Waals surface area contributed by atoms with Crippen molar-refractivity contribution in [1.29, 1.82) is 0 Å². The summed E-state index contributed by atoms with van der Waals surface area (Å²) in [5.74, 6) is 0.0384. The maximum atomic E-state index is 11.9. The van der Waals surface area contributed by atoms with Gasteiger partial charge in [0, 0.05) is 9.26 Å². The third-order valence-corrected chi connectivity index (χ3v) is 4.62. The van der Waals surface area contributed by atoms with Gasteiger partial charge in [-0.25, -0.2) is 0 Å². The minimum atomic E-state index is -0.249. The van der Waals surface area contributed by atoms with Crippen molar-refractivity contribution < 1.29 is 9.21 Å². The summed E-state index contributed by atoms with van der Waals surface area (Å²) in [4.78, 5) is 11.9. The highest BCUT2D eigenvalue weighted by atomic mass is 127. The van der Waals surface area contributed by atoms with E-state index in [0.717, 1.165) is 16.8 Å². The molecule has 0 bridgehead atoms. The molecule has 0 aliphatic carbocycles. The Kier molecular flexibility index (Phi) is 4.11.